The fourth-order valence-corrected chi connectivity index (χ4v) is 3.20. The fourth-order valence-electron chi connectivity index (χ4n) is 3.20. The summed E-state index contributed by atoms with van der Waals surface area (Å²) >= 11 is 0. The van der Waals surface area contributed by atoms with E-state index in [0.29, 0.717) is 13.2 Å². The predicted molar refractivity (Wildman–Crippen MR) is 106 cm³/mol. The molecule has 2 N–H and O–H groups in total. The third-order valence-corrected chi connectivity index (χ3v) is 4.70. The van der Waals surface area contributed by atoms with Crippen LogP contribution in [-0.4, -0.2) is 57.2 Å². The highest BCUT2D eigenvalue weighted by molar-refractivity contribution is 5.79. The molecule has 1 saturated heterocycles. The topological polar surface area (TPSA) is 62.0 Å². The van der Waals surface area contributed by atoms with Gasteiger partial charge in [-0.2, -0.15) is 0 Å². The fraction of sp³-hybridized carbons (Fsp3) is 0.750. The molecular formula is C20H36N4O2. The van der Waals surface area contributed by atoms with Crippen molar-refractivity contribution in [3.05, 3.63) is 24.2 Å². The van der Waals surface area contributed by atoms with Gasteiger partial charge in [0.1, 0.15) is 12.4 Å². The van der Waals surface area contributed by atoms with Gasteiger partial charge < -0.3 is 24.7 Å². The van der Waals surface area contributed by atoms with Crippen molar-refractivity contribution in [3.8, 4) is 0 Å². The second-order valence-electron chi connectivity index (χ2n) is 6.87. The molecule has 0 amide bonds. The Morgan fingerprint density at radius 2 is 1.92 bits per heavy atom. The van der Waals surface area contributed by atoms with Crippen LogP contribution >= 0.6 is 0 Å². The lowest BCUT2D eigenvalue weighted by Gasteiger charge is -2.26. The second kappa shape index (κ2) is 13.6. The number of hydrogen-bond donors (Lipinski definition) is 2. The molecule has 0 spiro atoms. The number of ether oxygens (including phenoxy) is 1. The first kappa shape index (κ1) is 20.8. The number of rotatable bonds is 12. The van der Waals surface area contributed by atoms with E-state index in [2.05, 4.69) is 20.5 Å². The number of nitrogens with zero attached hydrogens (tertiary/aromatic N) is 2. The molecule has 26 heavy (non-hydrogen) atoms. The summed E-state index contributed by atoms with van der Waals surface area (Å²) in [5.41, 5.74) is 0. The van der Waals surface area contributed by atoms with E-state index in [-0.39, 0.29) is 0 Å². The highest BCUT2D eigenvalue weighted by atomic mass is 16.5. The van der Waals surface area contributed by atoms with E-state index < -0.39 is 0 Å². The van der Waals surface area contributed by atoms with Gasteiger partial charge in [0, 0.05) is 26.7 Å². The van der Waals surface area contributed by atoms with E-state index in [1.807, 2.05) is 19.2 Å². The van der Waals surface area contributed by atoms with Crippen LogP contribution in [0.1, 0.15) is 50.7 Å². The number of likely N-dealkylation sites (tertiary alicyclic amines) is 1. The summed E-state index contributed by atoms with van der Waals surface area (Å²) in [6.07, 6.45) is 10.6. The van der Waals surface area contributed by atoms with Gasteiger partial charge >= 0.3 is 0 Å². The SMILES string of the molecule is CN=C(NCCCCCN1CCCCC1)NCCCOCc1ccco1. The van der Waals surface area contributed by atoms with Crippen molar-refractivity contribution in [2.75, 3.05) is 46.4 Å². The molecule has 1 aliphatic rings. The van der Waals surface area contributed by atoms with Crippen LogP contribution < -0.4 is 10.6 Å². The maximum atomic E-state index is 5.57. The lowest BCUT2D eigenvalue weighted by atomic mass is 10.1. The molecule has 6 heteroatoms. The van der Waals surface area contributed by atoms with Crippen LogP contribution in [0.15, 0.2) is 27.8 Å². The van der Waals surface area contributed by atoms with Crippen LogP contribution in [0.2, 0.25) is 0 Å². The smallest absolute Gasteiger partial charge is 0.190 e. The molecule has 1 aliphatic heterocycles. The summed E-state index contributed by atoms with van der Waals surface area (Å²) < 4.78 is 10.8. The Hall–Kier alpha value is -1.53. The lowest BCUT2D eigenvalue weighted by molar-refractivity contribution is 0.105. The van der Waals surface area contributed by atoms with E-state index >= 15 is 0 Å². The summed E-state index contributed by atoms with van der Waals surface area (Å²) in [6, 6.07) is 3.81. The Balaban J connectivity index is 1.38. The van der Waals surface area contributed by atoms with Gasteiger partial charge in [0.05, 0.1) is 6.26 Å². The zero-order valence-corrected chi connectivity index (χ0v) is 16.3. The number of piperidine rings is 1. The van der Waals surface area contributed by atoms with E-state index in [0.717, 1.165) is 31.2 Å². The Bertz CT molecular complexity index is 470. The van der Waals surface area contributed by atoms with Gasteiger partial charge in [-0.15, -0.1) is 0 Å². The van der Waals surface area contributed by atoms with Crippen LogP contribution in [0.4, 0.5) is 0 Å². The maximum absolute atomic E-state index is 5.57. The summed E-state index contributed by atoms with van der Waals surface area (Å²) in [6.45, 7) is 6.96. The molecule has 1 aromatic heterocycles. The average Bonchev–Trinajstić information content (AvgIpc) is 3.19. The molecule has 148 valence electrons. The highest BCUT2D eigenvalue weighted by Gasteiger charge is 2.08. The third-order valence-electron chi connectivity index (χ3n) is 4.70. The average molecular weight is 365 g/mol. The Labute approximate surface area is 158 Å². The van der Waals surface area contributed by atoms with Crippen molar-refractivity contribution < 1.29 is 9.15 Å². The zero-order chi connectivity index (χ0) is 18.3. The van der Waals surface area contributed by atoms with Crippen molar-refractivity contribution in [2.24, 2.45) is 4.99 Å². The van der Waals surface area contributed by atoms with Crippen LogP contribution in [0.5, 0.6) is 0 Å². The Morgan fingerprint density at radius 1 is 1.12 bits per heavy atom. The standard InChI is InChI=1S/C20H36N4O2/c1-21-20(23-12-9-16-25-18-19-10-8-17-26-19)22-11-4-2-5-13-24-14-6-3-7-15-24/h8,10,17H,2-7,9,11-16,18H2,1H3,(H2,21,22,23). The van der Waals surface area contributed by atoms with Gasteiger partial charge in [-0.05, 0) is 63.9 Å². The largest absolute Gasteiger partial charge is 0.467 e. The predicted octanol–water partition coefficient (Wildman–Crippen LogP) is 3.01. The van der Waals surface area contributed by atoms with Crippen molar-refractivity contribution in [3.63, 3.8) is 0 Å². The number of nitrogens with one attached hydrogen (secondary N) is 2. The normalized spacial score (nSPS) is 16.0. The number of unbranched alkanes of at least 4 members (excludes halogenated alkanes) is 2. The second-order valence-corrected chi connectivity index (χ2v) is 6.87. The van der Waals surface area contributed by atoms with Crippen molar-refractivity contribution in [2.45, 2.75) is 51.6 Å². The van der Waals surface area contributed by atoms with Crippen LogP contribution in [0.25, 0.3) is 0 Å². The molecule has 2 rings (SSSR count). The number of aliphatic imine (C=N–C) groups is 1. The molecule has 2 heterocycles. The highest BCUT2D eigenvalue weighted by Crippen LogP contribution is 2.09. The minimum absolute atomic E-state index is 0.539. The van der Waals surface area contributed by atoms with Gasteiger partial charge in [-0.3, -0.25) is 4.99 Å². The molecule has 1 fully saturated rings. The van der Waals surface area contributed by atoms with Gasteiger partial charge in [-0.1, -0.05) is 12.8 Å². The molecule has 0 bridgehead atoms. The maximum Gasteiger partial charge on any atom is 0.190 e. The molecule has 0 atom stereocenters. The minimum atomic E-state index is 0.539. The van der Waals surface area contributed by atoms with Gasteiger partial charge in [-0.25, -0.2) is 0 Å². The molecule has 1 aromatic rings. The van der Waals surface area contributed by atoms with E-state index in [9.17, 15) is 0 Å². The molecule has 0 unspecified atom stereocenters. The molecule has 0 aliphatic carbocycles. The Morgan fingerprint density at radius 3 is 2.65 bits per heavy atom. The number of guanidine groups is 1. The summed E-state index contributed by atoms with van der Waals surface area (Å²) in [7, 11) is 1.82. The zero-order valence-electron chi connectivity index (χ0n) is 16.3. The van der Waals surface area contributed by atoms with E-state index in [4.69, 9.17) is 9.15 Å². The summed E-state index contributed by atoms with van der Waals surface area (Å²) in [4.78, 5) is 6.88. The molecule has 0 aromatic carbocycles. The van der Waals surface area contributed by atoms with E-state index in [1.165, 1.54) is 58.2 Å². The molecular weight excluding hydrogens is 328 g/mol. The summed E-state index contributed by atoms with van der Waals surface area (Å²) in [5.74, 6) is 1.75. The first-order valence-electron chi connectivity index (χ1n) is 10.2. The minimum Gasteiger partial charge on any atom is -0.467 e. The third kappa shape index (κ3) is 9.25. The van der Waals surface area contributed by atoms with Crippen LogP contribution in [0, 0.1) is 0 Å². The number of hydrogen-bond acceptors (Lipinski definition) is 4. The van der Waals surface area contributed by atoms with Gasteiger partial charge in [0.25, 0.3) is 0 Å². The summed E-state index contributed by atoms with van der Waals surface area (Å²) in [5, 5.41) is 6.72. The first-order valence-corrected chi connectivity index (χ1v) is 10.2. The van der Waals surface area contributed by atoms with Gasteiger partial charge in [0.2, 0.25) is 0 Å². The van der Waals surface area contributed by atoms with Crippen molar-refractivity contribution >= 4 is 5.96 Å². The van der Waals surface area contributed by atoms with Crippen molar-refractivity contribution in [1.29, 1.82) is 0 Å². The lowest BCUT2D eigenvalue weighted by Crippen LogP contribution is -2.38. The number of furan rings is 1. The quantitative estimate of drug-likeness (QED) is 0.339. The molecule has 0 radical (unpaired) electrons. The van der Waals surface area contributed by atoms with Gasteiger partial charge in [0.15, 0.2) is 5.96 Å². The monoisotopic (exact) mass is 364 g/mol. The molecule has 6 nitrogen and oxygen atoms in total. The van der Waals surface area contributed by atoms with Crippen molar-refractivity contribution in [1.82, 2.24) is 15.5 Å². The van der Waals surface area contributed by atoms with E-state index in [1.54, 1.807) is 6.26 Å². The van der Waals surface area contributed by atoms with Crippen LogP contribution in [0.3, 0.4) is 0 Å². The first-order chi connectivity index (χ1) is 12.9. The molecule has 0 saturated carbocycles. The van der Waals surface area contributed by atoms with Crippen LogP contribution in [-0.2, 0) is 11.3 Å². The Kier molecular flexibility index (Phi) is 10.9.